The number of amides is 1. The van der Waals surface area contributed by atoms with Crippen molar-refractivity contribution in [2.45, 2.75) is 6.42 Å². The first-order valence-corrected chi connectivity index (χ1v) is 5.43. The molecule has 6 heteroatoms. The third kappa shape index (κ3) is 2.47. The van der Waals surface area contributed by atoms with Crippen molar-refractivity contribution < 1.29 is 23.5 Å². The fourth-order valence-corrected chi connectivity index (χ4v) is 1.92. The summed E-state index contributed by atoms with van der Waals surface area (Å²) in [4.78, 5) is 23.7. The quantitative estimate of drug-likeness (QED) is 0.890. The molecule has 4 nitrogen and oxygen atoms in total. The SMILES string of the molecule is O=C(O)CC1CN(C(=O)c2ccc(F)c(F)c2)C1. The molecule has 1 aliphatic heterocycles. The molecule has 1 aliphatic rings. The highest BCUT2D eigenvalue weighted by Crippen LogP contribution is 2.22. The first-order valence-electron chi connectivity index (χ1n) is 5.43. The molecule has 18 heavy (non-hydrogen) atoms. The van der Waals surface area contributed by atoms with Crippen LogP contribution in [-0.4, -0.2) is 35.0 Å². The van der Waals surface area contributed by atoms with Crippen LogP contribution in [0, 0.1) is 17.6 Å². The topological polar surface area (TPSA) is 57.6 Å². The van der Waals surface area contributed by atoms with Gasteiger partial charge in [-0.3, -0.25) is 9.59 Å². The van der Waals surface area contributed by atoms with Crippen LogP contribution in [0.3, 0.4) is 0 Å². The fraction of sp³-hybridized carbons (Fsp3) is 0.333. The average Bonchev–Trinajstić information content (AvgIpc) is 2.25. The molecule has 0 radical (unpaired) electrons. The van der Waals surface area contributed by atoms with E-state index in [-0.39, 0.29) is 17.9 Å². The number of carbonyl (C=O) groups is 2. The Bertz CT molecular complexity index is 498. The lowest BCUT2D eigenvalue weighted by Crippen LogP contribution is -2.50. The van der Waals surface area contributed by atoms with Gasteiger partial charge in [-0.1, -0.05) is 0 Å². The molecule has 1 aromatic rings. The van der Waals surface area contributed by atoms with Crippen LogP contribution in [0.15, 0.2) is 18.2 Å². The first kappa shape index (κ1) is 12.5. The zero-order valence-electron chi connectivity index (χ0n) is 9.40. The molecule has 0 saturated carbocycles. The van der Waals surface area contributed by atoms with Crippen LogP contribution in [-0.2, 0) is 4.79 Å². The van der Waals surface area contributed by atoms with Crippen molar-refractivity contribution in [1.29, 1.82) is 0 Å². The summed E-state index contributed by atoms with van der Waals surface area (Å²) >= 11 is 0. The predicted octanol–water partition coefficient (Wildman–Crippen LogP) is 1.51. The molecule has 0 bridgehead atoms. The van der Waals surface area contributed by atoms with Gasteiger partial charge in [-0.25, -0.2) is 8.78 Å². The summed E-state index contributed by atoms with van der Waals surface area (Å²) in [6.45, 7) is 0.675. The van der Waals surface area contributed by atoms with E-state index < -0.39 is 23.5 Å². The lowest BCUT2D eigenvalue weighted by atomic mass is 9.95. The maximum absolute atomic E-state index is 13.0. The Balaban J connectivity index is 1.97. The highest BCUT2D eigenvalue weighted by Gasteiger charge is 2.32. The smallest absolute Gasteiger partial charge is 0.303 e. The number of nitrogens with zero attached hydrogens (tertiary/aromatic N) is 1. The van der Waals surface area contributed by atoms with Gasteiger partial charge >= 0.3 is 5.97 Å². The van der Waals surface area contributed by atoms with Crippen LogP contribution in [0.25, 0.3) is 0 Å². The van der Waals surface area contributed by atoms with E-state index in [1.807, 2.05) is 0 Å². The van der Waals surface area contributed by atoms with Gasteiger partial charge in [0.1, 0.15) is 0 Å². The maximum atomic E-state index is 13.0. The van der Waals surface area contributed by atoms with Crippen molar-refractivity contribution in [3.05, 3.63) is 35.4 Å². The van der Waals surface area contributed by atoms with Crippen LogP contribution in [0.2, 0.25) is 0 Å². The summed E-state index contributed by atoms with van der Waals surface area (Å²) in [5, 5.41) is 8.56. The Labute approximate surface area is 102 Å². The van der Waals surface area contributed by atoms with Crippen LogP contribution < -0.4 is 0 Å². The lowest BCUT2D eigenvalue weighted by molar-refractivity contribution is -0.139. The minimum atomic E-state index is -1.07. The number of halogens is 2. The van der Waals surface area contributed by atoms with Crippen LogP contribution >= 0.6 is 0 Å². The second kappa shape index (κ2) is 4.72. The first-order chi connectivity index (χ1) is 8.47. The Morgan fingerprint density at radius 3 is 2.50 bits per heavy atom. The molecule has 1 aromatic carbocycles. The van der Waals surface area contributed by atoms with Gasteiger partial charge < -0.3 is 10.0 Å². The highest BCUT2D eigenvalue weighted by molar-refractivity contribution is 5.94. The van der Waals surface area contributed by atoms with E-state index in [1.165, 1.54) is 11.0 Å². The predicted molar refractivity (Wildman–Crippen MR) is 58.0 cm³/mol. The molecule has 0 spiro atoms. The molecule has 0 aromatic heterocycles. The van der Waals surface area contributed by atoms with Crippen molar-refractivity contribution in [2.75, 3.05) is 13.1 Å². The van der Waals surface area contributed by atoms with Crippen molar-refractivity contribution in [1.82, 2.24) is 4.90 Å². The van der Waals surface area contributed by atoms with Gasteiger partial charge in [0, 0.05) is 24.6 Å². The molecule has 1 heterocycles. The summed E-state index contributed by atoms with van der Waals surface area (Å²) < 4.78 is 25.6. The Kier molecular flexibility index (Phi) is 3.27. The van der Waals surface area contributed by atoms with Gasteiger partial charge in [0.05, 0.1) is 6.42 Å². The van der Waals surface area contributed by atoms with E-state index in [0.717, 1.165) is 12.1 Å². The van der Waals surface area contributed by atoms with E-state index in [0.29, 0.717) is 13.1 Å². The van der Waals surface area contributed by atoms with E-state index in [9.17, 15) is 18.4 Å². The highest BCUT2D eigenvalue weighted by atomic mass is 19.2. The van der Waals surface area contributed by atoms with E-state index in [2.05, 4.69) is 0 Å². The molecule has 96 valence electrons. The van der Waals surface area contributed by atoms with E-state index in [4.69, 9.17) is 5.11 Å². The average molecular weight is 255 g/mol. The number of hydrogen-bond acceptors (Lipinski definition) is 2. The Hall–Kier alpha value is -1.98. The van der Waals surface area contributed by atoms with Gasteiger partial charge in [0.2, 0.25) is 0 Å². The Morgan fingerprint density at radius 2 is 1.94 bits per heavy atom. The number of carboxylic acid groups (broad SMARTS) is 1. The summed E-state index contributed by atoms with van der Waals surface area (Å²) in [5.41, 5.74) is 0.0719. The fourth-order valence-electron chi connectivity index (χ4n) is 1.92. The van der Waals surface area contributed by atoms with E-state index in [1.54, 1.807) is 0 Å². The number of likely N-dealkylation sites (tertiary alicyclic amines) is 1. The van der Waals surface area contributed by atoms with Gasteiger partial charge in [0.25, 0.3) is 5.91 Å². The number of carbonyl (C=O) groups excluding carboxylic acids is 1. The normalized spacial score (nSPS) is 15.3. The third-order valence-corrected chi connectivity index (χ3v) is 2.87. The minimum absolute atomic E-state index is 0.0154. The zero-order valence-corrected chi connectivity index (χ0v) is 9.40. The standard InChI is InChI=1S/C12H11F2NO3/c13-9-2-1-8(4-10(9)14)12(18)15-5-7(6-15)3-11(16)17/h1-2,4,7H,3,5-6H2,(H,16,17). The number of hydrogen-bond donors (Lipinski definition) is 1. The Morgan fingerprint density at radius 1 is 1.28 bits per heavy atom. The largest absolute Gasteiger partial charge is 0.481 e. The molecule has 1 amide bonds. The van der Waals surface area contributed by atoms with E-state index >= 15 is 0 Å². The molecule has 0 atom stereocenters. The van der Waals surface area contributed by atoms with Crippen molar-refractivity contribution in [2.24, 2.45) is 5.92 Å². The summed E-state index contributed by atoms with van der Waals surface area (Å²) in [7, 11) is 0. The summed E-state index contributed by atoms with van der Waals surface area (Å²) in [5.74, 6) is -3.44. The number of rotatable bonds is 3. The maximum Gasteiger partial charge on any atom is 0.303 e. The second-order valence-corrected chi connectivity index (χ2v) is 4.30. The molecular weight excluding hydrogens is 244 g/mol. The van der Waals surface area contributed by atoms with Gasteiger partial charge in [-0.05, 0) is 18.2 Å². The van der Waals surface area contributed by atoms with Gasteiger partial charge in [0.15, 0.2) is 11.6 Å². The van der Waals surface area contributed by atoms with Crippen molar-refractivity contribution in [3.63, 3.8) is 0 Å². The van der Waals surface area contributed by atoms with Crippen LogP contribution in [0.1, 0.15) is 16.8 Å². The summed E-state index contributed by atoms with van der Waals surface area (Å²) in [6.07, 6.45) is 0.0154. The molecule has 2 rings (SSSR count). The second-order valence-electron chi connectivity index (χ2n) is 4.30. The number of aliphatic carboxylic acids is 1. The third-order valence-electron chi connectivity index (χ3n) is 2.87. The molecular formula is C12H11F2NO3. The number of benzene rings is 1. The molecule has 0 aliphatic carbocycles. The summed E-state index contributed by atoms with van der Waals surface area (Å²) in [6, 6.07) is 2.96. The number of carboxylic acids is 1. The van der Waals surface area contributed by atoms with Crippen LogP contribution in [0.4, 0.5) is 8.78 Å². The molecule has 1 N–H and O–H groups in total. The van der Waals surface area contributed by atoms with Crippen LogP contribution in [0.5, 0.6) is 0 Å². The zero-order chi connectivity index (χ0) is 13.3. The molecule has 0 unspecified atom stereocenters. The molecule has 1 fully saturated rings. The van der Waals surface area contributed by atoms with Gasteiger partial charge in [-0.15, -0.1) is 0 Å². The van der Waals surface area contributed by atoms with Crippen molar-refractivity contribution in [3.8, 4) is 0 Å². The van der Waals surface area contributed by atoms with Crippen molar-refractivity contribution >= 4 is 11.9 Å². The monoisotopic (exact) mass is 255 g/mol. The molecule has 1 saturated heterocycles. The minimum Gasteiger partial charge on any atom is -0.481 e. The van der Waals surface area contributed by atoms with Gasteiger partial charge in [-0.2, -0.15) is 0 Å². The lowest BCUT2D eigenvalue weighted by Gasteiger charge is -2.38.